The first kappa shape index (κ1) is 17.4. The van der Waals surface area contributed by atoms with Crippen molar-refractivity contribution in [1.29, 1.82) is 5.26 Å². The molecule has 0 aromatic heterocycles. The van der Waals surface area contributed by atoms with E-state index in [1.807, 2.05) is 6.07 Å². The van der Waals surface area contributed by atoms with Gasteiger partial charge in [0.15, 0.2) is 5.75 Å². The molecule has 0 saturated carbocycles. The molecule has 0 unspecified atom stereocenters. The van der Waals surface area contributed by atoms with Gasteiger partial charge in [0.2, 0.25) is 0 Å². The predicted octanol–water partition coefficient (Wildman–Crippen LogP) is 3.77. The summed E-state index contributed by atoms with van der Waals surface area (Å²) in [6.07, 6.45) is -0.525. The molecule has 0 bridgehead atoms. The molecule has 0 aliphatic carbocycles. The maximum atomic E-state index is 11.4. The van der Waals surface area contributed by atoms with Gasteiger partial charge in [0.25, 0.3) is 0 Å². The Bertz CT molecular complexity index is 539. The van der Waals surface area contributed by atoms with E-state index < -0.39 is 11.7 Å². The fourth-order valence-electron chi connectivity index (χ4n) is 1.38. The third kappa shape index (κ3) is 6.11. The monoisotopic (exact) mass is 330 g/mol. The van der Waals surface area contributed by atoms with Gasteiger partial charge in [-0.1, -0.05) is 23.2 Å². The molecule has 1 aromatic carbocycles. The lowest BCUT2D eigenvalue weighted by Gasteiger charge is -2.19. The van der Waals surface area contributed by atoms with Gasteiger partial charge in [0.05, 0.1) is 28.2 Å². The molecule has 1 amide bonds. The van der Waals surface area contributed by atoms with Crippen LogP contribution in [-0.4, -0.2) is 24.8 Å². The van der Waals surface area contributed by atoms with E-state index in [2.05, 4.69) is 5.32 Å². The first-order valence-electron chi connectivity index (χ1n) is 6.21. The van der Waals surface area contributed by atoms with E-state index >= 15 is 0 Å². The molecule has 0 aliphatic heterocycles. The molecule has 0 spiro atoms. The number of amides is 1. The summed E-state index contributed by atoms with van der Waals surface area (Å²) in [6.45, 7) is 5.74. The Morgan fingerprint density at radius 3 is 2.38 bits per heavy atom. The molecule has 1 N–H and O–H groups in total. The van der Waals surface area contributed by atoms with Crippen molar-refractivity contribution in [3.05, 3.63) is 27.7 Å². The van der Waals surface area contributed by atoms with E-state index in [4.69, 9.17) is 37.9 Å². The normalized spacial score (nSPS) is 10.7. The van der Waals surface area contributed by atoms with E-state index in [0.717, 1.165) is 0 Å². The number of ether oxygens (including phenoxy) is 2. The highest BCUT2D eigenvalue weighted by Gasteiger charge is 2.15. The van der Waals surface area contributed by atoms with Gasteiger partial charge in [-0.15, -0.1) is 0 Å². The van der Waals surface area contributed by atoms with Crippen LogP contribution in [0.2, 0.25) is 10.0 Å². The van der Waals surface area contributed by atoms with Crippen LogP contribution in [0.4, 0.5) is 4.79 Å². The molecule has 0 radical (unpaired) electrons. The topological polar surface area (TPSA) is 71.3 Å². The van der Waals surface area contributed by atoms with Gasteiger partial charge in [0.1, 0.15) is 12.2 Å². The third-order valence-electron chi connectivity index (χ3n) is 2.14. The number of nitriles is 1. The SMILES string of the molecule is CC(C)(C)OC(=O)NCCOc1c(Cl)cc(C#N)cc1Cl. The largest absolute Gasteiger partial charge is 0.489 e. The maximum absolute atomic E-state index is 11.4. The van der Waals surface area contributed by atoms with E-state index in [9.17, 15) is 4.79 Å². The summed E-state index contributed by atoms with van der Waals surface area (Å²) in [6, 6.07) is 4.87. The van der Waals surface area contributed by atoms with Gasteiger partial charge in [-0.3, -0.25) is 0 Å². The maximum Gasteiger partial charge on any atom is 0.407 e. The first-order valence-corrected chi connectivity index (χ1v) is 6.97. The summed E-state index contributed by atoms with van der Waals surface area (Å²) >= 11 is 11.9. The smallest absolute Gasteiger partial charge is 0.407 e. The molecule has 0 fully saturated rings. The van der Waals surface area contributed by atoms with E-state index in [0.29, 0.717) is 5.56 Å². The van der Waals surface area contributed by atoms with Crippen LogP contribution in [0.15, 0.2) is 12.1 Å². The van der Waals surface area contributed by atoms with Crippen molar-refractivity contribution in [2.24, 2.45) is 0 Å². The average molecular weight is 331 g/mol. The van der Waals surface area contributed by atoms with Gasteiger partial charge in [-0.2, -0.15) is 5.26 Å². The van der Waals surface area contributed by atoms with Crippen molar-refractivity contribution < 1.29 is 14.3 Å². The van der Waals surface area contributed by atoms with Crippen molar-refractivity contribution >= 4 is 29.3 Å². The first-order chi connectivity index (χ1) is 9.73. The molecule has 5 nitrogen and oxygen atoms in total. The molecular weight excluding hydrogens is 315 g/mol. The Morgan fingerprint density at radius 1 is 1.33 bits per heavy atom. The molecule has 0 atom stereocenters. The van der Waals surface area contributed by atoms with Crippen molar-refractivity contribution in [1.82, 2.24) is 5.32 Å². The standard InChI is InChI=1S/C14H16Cl2N2O3/c1-14(2,3)21-13(19)18-4-5-20-12-10(15)6-9(8-17)7-11(12)16/h6-7H,4-5H2,1-3H3,(H,18,19). The highest BCUT2D eigenvalue weighted by atomic mass is 35.5. The predicted molar refractivity (Wildman–Crippen MR) is 80.9 cm³/mol. The van der Waals surface area contributed by atoms with Crippen LogP contribution in [0.1, 0.15) is 26.3 Å². The Kier molecular flexibility index (Phi) is 6.13. The zero-order chi connectivity index (χ0) is 16.0. The summed E-state index contributed by atoms with van der Waals surface area (Å²) in [5.41, 5.74) is -0.200. The van der Waals surface area contributed by atoms with Crippen LogP contribution in [0.3, 0.4) is 0 Å². The van der Waals surface area contributed by atoms with Crippen LogP contribution in [-0.2, 0) is 4.74 Å². The lowest BCUT2D eigenvalue weighted by molar-refractivity contribution is 0.0520. The van der Waals surface area contributed by atoms with Crippen LogP contribution in [0.5, 0.6) is 5.75 Å². The minimum atomic E-state index is -0.551. The zero-order valence-corrected chi connectivity index (χ0v) is 13.5. The average Bonchev–Trinajstić information content (AvgIpc) is 2.34. The molecule has 1 rings (SSSR count). The van der Waals surface area contributed by atoms with Crippen LogP contribution >= 0.6 is 23.2 Å². The molecule has 1 aromatic rings. The minimum absolute atomic E-state index is 0.171. The van der Waals surface area contributed by atoms with Gasteiger partial charge in [0, 0.05) is 0 Å². The summed E-state index contributed by atoms with van der Waals surface area (Å²) in [5, 5.41) is 11.8. The molecule has 0 heterocycles. The van der Waals surface area contributed by atoms with E-state index in [1.165, 1.54) is 12.1 Å². The highest BCUT2D eigenvalue weighted by molar-refractivity contribution is 6.37. The second kappa shape index (κ2) is 7.39. The minimum Gasteiger partial charge on any atom is -0.489 e. The lowest BCUT2D eigenvalue weighted by atomic mass is 10.2. The van der Waals surface area contributed by atoms with Gasteiger partial charge in [-0.05, 0) is 32.9 Å². The third-order valence-corrected chi connectivity index (χ3v) is 2.71. The van der Waals surface area contributed by atoms with Gasteiger partial charge >= 0.3 is 6.09 Å². The fraction of sp³-hybridized carbons (Fsp3) is 0.429. The number of nitrogens with zero attached hydrogens (tertiary/aromatic N) is 1. The Balaban J connectivity index is 2.47. The Hall–Kier alpha value is -1.64. The van der Waals surface area contributed by atoms with Crippen molar-refractivity contribution in [3.63, 3.8) is 0 Å². The number of hydrogen-bond donors (Lipinski definition) is 1. The second-order valence-electron chi connectivity index (χ2n) is 5.16. The number of hydrogen-bond acceptors (Lipinski definition) is 4. The lowest BCUT2D eigenvalue weighted by Crippen LogP contribution is -2.34. The van der Waals surface area contributed by atoms with E-state index in [-0.39, 0.29) is 28.9 Å². The fourth-order valence-corrected chi connectivity index (χ4v) is 1.98. The summed E-state index contributed by atoms with van der Waals surface area (Å²) in [7, 11) is 0. The van der Waals surface area contributed by atoms with Crippen LogP contribution < -0.4 is 10.1 Å². The number of carbonyl (C=O) groups is 1. The van der Waals surface area contributed by atoms with Crippen molar-refractivity contribution in [2.75, 3.05) is 13.2 Å². The van der Waals surface area contributed by atoms with E-state index in [1.54, 1.807) is 20.8 Å². The zero-order valence-electron chi connectivity index (χ0n) is 12.0. The quantitative estimate of drug-likeness (QED) is 0.853. The Morgan fingerprint density at radius 2 is 1.90 bits per heavy atom. The molecule has 0 saturated heterocycles. The number of benzene rings is 1. The number of halogens is 2. The summed E-state index contributed by atoms with van der Waals surface area (Å²) in [4.78, 5) is 11.4. The second-order valence-corrected chi connectivity index (χ2v) is 5.97. The molecule has 21 heavy (non-hydrogen) atoms. The number of alkyl carbamates (subject to hydrolysis) is 1. The van der Waals surface area contributed by atoms with Gasteiger partial charge < -0.3 is 14.8 Å². The highest BCUT2D eigenvalue weighted by Crippen LogP contribution is 2.33. The van der Waals surface area contributed by atoms with Crippen molar-refractivity contribution in [3.8, 4) is 11.8 Å². The molecular formula is C14H16Cl2N2O3. The molecule has 0 aliphatic rings. The van der Waals surface area contributed by atoms with Crippen LogP contribution in [0, 0.1) is 11.3 Å². The molecule has 114 valence electrons. The van der Waals surface area contributed by atoms with Crippen molar-refractivity contribution in [2.45, 2.75) is 26.4 Å². The summed E-state index contributed by atoms with van der Waals surface area (Å²) < 4.78 is 10.5. The molecule has 7 heteroatoms. The number of rotatable bonds is 4. The number of nitrogens with one attached hydrogen (secondary N) is 1. The van der Waals surface area contributed by atoms with Crippen LogP contribution in [0.25, 0.3) is 0 Å². The number of carbonyl (C=O) groups excluding carboxylic acids is 1. The van der Waals surface area contributed by atoms with Gasteiger partial charge in [-0.25, -0.2) is 4.79 Å². The summed E-state index contributed by atoms with van der Waals surface area (Å²) in [5.74, 6) is 0.281. The Labute approximate surface area is 133 Å².